The molecule has 0 nitrogen and oxygen atoms in total. The van der Waals surface area contributed by atoms with Gasteiger partial charge in [-0.2, -0.15) is 0 Å². The van der Waals surface area contributed by atoms with E-state index in [9.17, 15) is 0 Å². The maximum absolute atomic E-state index is 2.48. The summed E-state index contributed by atoms with van der Waals surface area (Å²) in [5.74, 6) is 0. The summed E-state index contributed by atoms with van der Waals surface area (Å²) in [7, 11) is 0. The van der Waals surface area contributed by atoms with Crippen molar-refractivity contribution in [3.63, 3.8) is 0 Å². The molecule has 0 spiro atoms. The Balaban J connectivity index is 2.44. The van der Waals surface area contributed by atoms with Gasteiger partial charge < -0.3 is 0 Å². The zero-order valence-corrected chi connectivity index (χ0v) is 12.9. The minimum Gasteiger partial charge on any atom is -0.0622 e. The number of alkyl halides is 3. The lowest BCUT2D eigenvalue weighted by Crippen LogP contribution is -2.00. The predicted molar refractivity (Wildman–Crippen MR) is 79.6 cm³/mol. The maximum atomic E-state index is 2.48. The molecule has 1 aromatic carbocycles. The third-order valence-electron chi connectivity index (χ3n) is 1.54. The van der Waals surface area contributed by atoms with Crippen LogP contribution in [0.1, 0.15) is 12.0 Å². The van der Waals surface area contributed by atoms with Crippen molar-refractivity contribution in [3.8, 4) is 0 Å². The fraction of sp³-hybridized carbons (Fsp3) is 0.333. The van der Waals surface area contributed by atoms with Crippen molar-refractivity contribution >= 4 is 67.8 Å². The second kappa shape index (κ2) is 5.33. The maximum Gasteiger partial charge on any atom is 0.124 e. The molecule has 66 valence electrons. The molecule has 0 aliphatic heterocycles. The summed E-state index contributed by atoms with van der Waals surface area (Å²) in [5, 5.41) is 0. The van der Waals surface area contributed by atoms with Crippen LogP contribution in [0, 0.1) is 0 Å². The summed E-state index contributed by atoms with van der Waals surface area (Å²) in [5.41, 5.74) is 1.44. The van der Waals surface area contributed by atoms with Crippen LogP contribution in [0.15, 0.2) is 30.3 Å². The molecule has 0 saturated carbocycles. The normalized spacial score (nSPS) is 11.6. The fourth-order valence-electron chi connectivity index (χ4n) is 0.931. The van der Waals surface area contributed by atoms with Crippen molar-refractivity contribution in [2.24, 2.45) is 0 Å². The van der Waals surface area contributed by atoms with Crippen LogP contribution in [-0.4, -0.2) is -0.565 Å². The summed E-state index contributed by atoms with van der Waals surface area (Å²) in [6.07, 6.45) is 2.40. The average Bonchev–Trinajstić information content (AvgIpc) is 2.02. The van der Waals surface area contributed by atoms with E-state index in [1.165, 1.54) is 18.4 Å². The standard InChI is InChI=1S/C9H9I3/c10-9(11,12)7-6-8-4-2-1-3-5-8/h1-5H,6-7H2. The molecule has 1 aromatic rings. The molecule has 0 unspecified atom stereocenters. The van der Waals surface area contributed by atoms with Gasteiger partial charge in [0.1, 0.15) is -0.565 Å². The first-order valence-corrected chi connectivity index (χ1v) is 6.92. The zero-order chi connectivity index (χ0) is 9.03. The van der Waals surface area contributed by atoms with Crippen LogP contribution in [0.25, 0.3) is 0 Å². The molecule has 0 amide bonds. The Labute approximate surface area is 114 Å². The first kappa shape index (κ1) is 11.5. The molecular formula is C9H9I3. The average molecular weight is 498 g/mol. The molecule has 0 atom stereocenters. The summed E-state index contributed by atoms with van der Waals surface area (Å²) in [6.45, 7) is 0. The molecule has 0 N–H and O–H groups in total. The van der Waals surface area contributed by atoms with Crippen molar-refractivity contribution in [1.82, 2.24) is 0 Å². The van der Waals surface area contributed by atoms with Crippen LogP contribution in [0.3, 0.4) is 0 Å². The molecule has 12 heavy (non-hydrogen) atoms. The highest BCUT2D eigenvalue weighted by Crippen LogP contribution is 2.39. The van der Waals surface area contributed by atoms with Gasteiger partial charge in [-0.25, -0.2) is 0 Å². The van der Waals surface area contributed by atoms with E-state index in [4.69, 9.17) is 0 Å². The highest BCUT2D eigenvalue weighted by atomic mass is 127. The highest BCUT2D eigenvalue weighted by molar-refractivity contribution is 14.3. The van der Waals surface area contributed by atoms with Gasteiger partial charge in [0.15, 0.2) is 0 Å². The van der Waals surface area contributed by atoms with Gasteiger partial charge in [0.2, 0.25) is 0 Å². The molecule has 0 fully saturated rings. The number of benzene rings is 1. The minimum atomic E-state index is 0.364. The first-order valence-electron chi connectivity index (χ1n) is 3.68. The van der Waals surface area contributed by atoms with Gasteiger partial charge in [0.05, 0.1) is 0 Å². The number of hydrogen-bond donors (Lipinski definition) is 0. The summed E-state index contributed by atoms with van der Waals surface area (Å²) in [4.78, 5) is 0. The van der Waals surface area contributed by atoms with Crippen LogP contribution >= 0.6 is 67.8 Å². The second-order valence-corrected chi connectivity index (χ2v) is 14.3. The fourth-order valence-corrected chi connectivity index (χ4v) is 1.74. The Hall–Kier alpha value is 1.41. The van der Waals surface area contributed by atoms with Crippen molar-refractivity contribution < 1.29 is 0 Å². The van der Waals surface area contributed by atoms with E-state index >= 15 is 0 Å². The van der Waals surface area contributed by atoms with Crippen LogP contribution < -0.4 is 0 Å². The zero-order valence-electron chi connectivity index (χ0n) is 6.43. The SMILES string of the molecule is IC(I)(I)CCc1ccccc1. The van der Waals surface area contributed by atoms with E-state index in [0.29, 0.717) is -0.565 Å². The summed E-state index contributed by atoms with van der Waals surface area (Å²) >= 11 is 7.43. The molecule has 0 radical (unpaired) electrons. The van der Waals surface area contributed by atoms with Gasteiger partial charge in [-0.3, -0.25) is 0 Å². The van der Waals surface area contributed by atoms with Gasteiger partial charge in [-0.15, -0.1) is 0 Å². The number of hydrogen-bond acceptors (Lipinski definition) is 0. The molecule has 0 aliphatic carbocycles. The number of aryl methyl sites for hydroxylation is 1. The highest BCUT2D eigenvalue weighted by Gasteiger charge is 2.16. The third-order valence-corrected chi connectivity index (χ3v) is 3.16. The van der Waals surface area contributed by atoms with Crippen LogP contribution in [0.4, 0.5) is 0 Å². The van der Waals surface area contributed by atoms with Crippen LogP contribution in [0.2, 0.25) is 0 Å². The molecule has 0 saturated heterocycles. The molecule has 0 heterocycles. The van der Waals surface area contributed by atoms with Crippen molar-refractivity contribution in [2.75, 3.05) is 0 Å². The van der Waals surface area contributed by atoms with E-state index in [0.717, 1.165) is 0 Å². The Bertz CT molecular complexity index is 225. The minimum absolute atomic E-state index is 0.364. The number of rotatable bonds is 3. The third kappa shape index (κ3) is 5.21. The summed E-state index contributed by atoms with van der Waals surface area (Å²) < 4.78 is 0.364. The Kier molecular flexibility index (Phi) is 5.10. The van der Waals surface area contributed by atoms with Gasteiger partial charge in [-0.05, 0) is 18.4 Å². The quantitative estimate of drug-likeness (QED) is 0.424. The van der Waals surface area contributed by atoms with Crippen LogP contribution in [-0.2, 0) is 6.42 Å². The lowest BCUT2D eigenvalue weighted by molar-refractivity contribution is 0.922. The van der Waals surface area contributed by atoms with E-state index in [-0.39, 0.29) is 0 Å². The predicted octanol–water partition coefficient (Wildman–Crippen LogP) is 4.58. The summed E-state index contributed by atoms with van der Waals surface area (Å²) in [6, 6.07) is 10.6. The van der Waals surface area contributed by atoms with Gasteiger partial charge in [0.25, 0.3) is 0 Å². The molecule has 0 aliphatic rings. The van der Waals surface area contributed by atoms with Gasteiger partial charge >= 0.3 is 0 Å². The second-order valence-electron chi connectivity index (χ2n) is 2.60. The first-order chi connectivity index (χ1) is 5.58. The number of halogens is 3. The van der Waals surface area contributed by atoms with E-state index in [1.807, 2.05) is 0 Å². The molecular weight excluding hydrogens is 489 g/mol. The Morgan fingerprint density at radius 2 is 1.58 bits per heavy atom. The molecule has 1 rings (SSSR count). The smallest absolute Gasteiger partial charge is 0.0622 e. The van der Waals surface area contributed by atoms with Crippen LogP contribution in [0.5, 0.6) is 0 Å². The van der Waals surface area contributed by atoms with E-state index < -0.39 is 0 Å². The topological polar surface area (TPSA) is 0 Å². The lowest BCUT2D eigenvalue weighted by Gasteiger charge is -2.11. The van der Waals surface area contributed by atoms with Crippen molar-refractivity contribution in [1.29, 1.82) is 0 Å². The molecule has 3 heteroatoms. The lowest BCUT2D eigenvalue weighted by atomic mass is 10.1. The molecule has 0 bridgehead atoms. The van der Waals surface area contributed by atoms with Gasteiger partial charge in [-0.1, -0.05) is 98.1 Å². The Morgan fingerprint density at radius 1 is 1.00 bits per heavy atom. The Morgan fingerprint density at radius 3 is 2.08 bits per heavy atom. The monoisotopic (exact) mass is 498 g/mol. The van der Waals surface area contributed by atoms with Gasteiger partial charge in [0, 0.05) is 0 Å². The largest absolute Gasteiger partial charge is 0.124 e. The van der Waals surface area contributed by atoms with E-state index in [2.05, 4.69) is 98.1 Å². The van der Waals surface area contributed by atoms with E-state index in [1.54, 1.807) is 0 Å². The van der Waals surface area contributed by atoms with Crippen molar-refractivity contribution in [3.05, 3.63) is 35.9 Å². The molecule has 0 aromatic heterocycles. The van der Waals surface area contributed by atoms with Crippen molar-refractivity contribution in [2.45, 2.75) is 12.3 Å².